The number of nitrogens with zero attached hydrogens (tertiary/aromatic N) is 4. The molecular formula is C11H11ClF2N4. The van der Waals surface area contributed by atoms with Gasteiger partial charge in [-0.3, -0.25) is 4.40 Å². The van der Waals surface area contributed by atoms with Crippen molar-refractivity contribution in [3.63, 3.8) is 0 Å². The molecule has 1 unspecified atom stereocenters. The van der Waals surface area contributed by atoms with Gasteiger partial charge >= 0.3 is 0 Å². The zero-order chi connectivity index (χ0) is 12.8. The van der Waals surface area contributed by atoms with Gasteiger partial charge in [-0.25, -0.2) is 13.8 Å². The average Bonchev–Trinajstić information content (AvgIpc) is 2.73. The maximum absolute atomic E-state index is 13.4. The van der Waals surface area contributed by atoms with Crippen LogP contribution < -0.4 is 0 Å². The Labute approximate surface area is 107 Å². The average molecular weight is 273 g/mol. The summed E-state index contributed by atoms with van der Waals surface area (Å²) in [4.78, 5) is 3.89. The van der Waals surface area contributed by atoms with Crippen molar-refractivity contribution in [1.29, 1.82) is 0 Å². The van der Waals surface area contributed by atoms with Crippen LogP contribution in [0.15, 0.2) is 12.4 Å². The monoisotopic (exact) mass is 272 g/mol. The van der Waals surface area contributed by atoms with Crippen molar-refractivity contribution in [2.24, 2.45) is 0 Å². The van der Waals surface area contributed by atoms with Crippen molar-refractivity contribution < 1.29 is 8.78 Å². The Morgan fingerprint density at radius 3 is 3.00 bits per heavy atom. The highest BCUT2D eigenvalue weighted by molar-refractivity contribution is 6.32. The molecule has 1 fully saturated rings. The lowest BCUT2D eigenvalue weighted by Gasteiger charge is -2.27. The van der Waals surface area contributed by atoms with E-state index in [-0.39, 0.29) is 23.9 Å². The highest BCUT2D eigenvalue weighted by atomic mass is 35.5. The Bertz CT molecular complexity index is 583. The molecule has 0 bridgehead atoms. The van der Waals surface area contributed by atoms with E-state index in [1.807, 2.05) is 0 Å². The fraction of sp³-hybridized carbons (Fsp3) is 0.545. The third-order valence-electron chi connectivity index (χ3n) is 3.32. The largest absolute Gasteiger partial charge is 0.282 e. The maximum Gasteiger partial charge on any atom is 0.248 e. The molecule has 7 heteroatoms. The van der Waals surface area contributed by atoms with Gasteiger partial charge in [0.25, 0.3) is 0 Å². The summed E-state index contributed by atoms with van der Waals surface area (Å²) in [5.41, 5.74) is 0.419. The van der Waals surface area contributed by atoms with Gasteiger partial charge in [-0.05, 0) is 12.8 Å². The quantitative estimate of drug-likeness (QED) is 0.801. The Hall–Kier alpha value is -1.30. The summed E-state index contributed by atoms with van der Waals surface area (Å²) in [7, 11) is 0. The molecule has 0 aromatic carbocycles. The lowest BCUT2D eigenvalue weighted by atomic mass is 9.86. The van der Waals surface area contributed by atoms with E-state index in [4.69, 9.17) is 11.6 Å². The maximum atomic E-state index is 13.4. The smallest absolute Gasteiger partial charge is 0.248 e. The van der Waals surface area contributed by atoms with Gasteiger partial charge in [-0.15, -0.1) is 10.2 Å². The fourth-order valence-electron chi connectivity index (χ4n) is 2.48. The number of hydrogen-bond acceptors (Lipinski definition) is 3. The molecule has 1 atom stereocenters. The van der Waals surface area contributed by atoms with Crippen LogP contribution in [0.3, 0.4) is 0 Å². The molecule has 1 saturated carbocycles. The topological polar surface area (TPSA) is 43.1 Å². The van der Waals surface area contributed by atoms with Crippen LogP contribution in [0.5, 0.6) is 0 Å². The molecule has 2 heterocycles. The van der Waals surface area contributed by atoms with Crippen LogP contribution in [0.4, 0.5) is 8.78 Å². The number of halogens is 3. The first-order valence-electron chi connectivity index (χ1n) is 5.80. The Kier molecular flexibility index (Phi) is 2.69. The fourth-order valence-corrected chi connectivity index (χ4v) is 2.67. The normalized spacial score (nSPS) is 23.4. The molecule has 2 aromatic heterocycles. The first-order valence-corrected chi connectivity index (χ1v) is 6.17. The minimum atomic E-state index is -2.61. The third-order valence-corrected chi connectivity index (χ3v) is 3.58. The zero-order valence-electron chi connectivity index (χ0n) is 9.48. The molecule has 18 heavy (non-hydrogen) atoms. The second-order valence-corrected chi connectivity index (χ2v) is 4.98. The van der Waals surface area contributed by atoms with Gasteiger partial charge in [0.2, 0.25) is 5.92 Å². The molecule has 0 aliphatic heterocycles. The van der Waals surface area contributed by atoms with E-state index in [0.717, 1.165) is 0 Å². The lowest BCUT2D eigenvalue weighted by Crippen LogP contribution is -2.26. The molecule has 2 aromatic rings. The highest BCUT2D eigenvalue weighted by Crippen LogP contribution is 2.41. The minimum absolute atomic E-state index is 0.0391. The van der Waals surface area contributed by atoms with Gasteiger partial charge in [0, 0.05) is 31.2 Å². The van der Waals surface area contributed by atoms with Gasteiger partial charge < -0.3 is 0 Å². The third kappa shape index (κ3) is 1.94. The minimum Gasteiger partial charge on any atom is -0.282 e. The van der Waals surface area contributed by atoms with Crippen LogP contribution >= 0.6 is 11.6 Å². The Morgan fingerprint density at radius 1 is 1.39 bits per heavy atom. The van der Waals surface area contributed by atoms with Crippen LogP contribution in [0, 0.1) is 0 Å². The molecular weight excluding hydrogens is 262 g/mol. The van der Waals surface area contributed by atoms with E-state index < -0.39 is 5.92 Å². The van der Waals surface area contributed by atoms with Gasteiger partial charge in [-0.2, -0.15) is 0 Å². The standard InChI is InChI=1S/C11H11ClF2N4/c12-8-10-17-16-9(18(10)5-4-15-8)7-2-1-3-11(13,14)6-7/h4-5,7H,1-3,6H2. The summed E-state index contributed by atoms with van der Waals surface area (Å²) < 4.78 is 28.5. The molecule has 0 amide bonds. The summed E-state index contributed by atoms with van der Waals surface area (Å²) in [5.74, 6) is -2.33. The molecule has 0 spiro atoms. The number of hydrogen-bond donors (Lipinski definition) is 0. The van der Waals surface area contributed by atoms with Gasteiger partial charge in [0.1, 0.15) is 5.82 Å². The highest BCUT2D eigenvalue weighted by Gasteiger charge is 2.38. The van der Waals surface area contributed by atoms with Crippen LogP contribution in [-0.4, -0.2) is 25.5 Å². The summed E-state index contributed by atoms with van der Waals surface area (Å²) >= 11 is 5.88. The SMILES string of the molecule is FC1(F)CCCC(c2nnc3c(Cl)nccn23)C1. The van der Waals surface area contributed by atoms with Gasteiger partial charge in [0.15, 0.2) is 10.8 Å². The predicted molar refractivity (Wildman–Crippen MR) is 61.9 cm³/mol. The second-order valence-electron chi connectivity index (χ2n) is 4.62. The van der Waals surface area contributed by atoms with Crippen LogP contribution in [0.2, 0.25) is 5.15 Å². The van der Waals surface area contributed by atoms with E-state index in [0.29, 0.717) is 24.3 Å². The number of alkyl halides is 2. The number of rotatable bonds is 1. The van der Waals surface area contributed by atoms with Crippen molar-refractivity contribution in [2.75, 3.05) is 0 Å². The van der Waals surface area contributed by atoms with Crippen molar-refractivity contribution in [1.82, 2.24) is 19.6 Å². The van der Waals surface area contributed by atoms with E-state index in [2.05, 4.69) is 15.2 Å². The van der Waals surface area contributed by atoms with Crippen molar-refractivity contribution in [2.45, 2.75) is 37.5 Å². The van der Waals surface area contributed by atoms with Crippen LogP contribution in [0.25, 0.3) is 5.65 Å². The first-order chi connectivity index (χ1) is 8.57. The summed E-state index contributed by atoms with van der Waals surface area (Å²) in [6.07, 6.45) is 4.17. The summed E-state index contributed by atoms with van der Waals surface area (Å²) in [5, 5.41) is 8.15. The Morgan fingerprint density at radius 2 is 2.22 bits per heavy atom. The van der Waals surface area contributed by atoms with E-state index in [1.165, 1.54) is 6.20 Å². The van der Waals surface area contributed by atoms with Crippen molar-refractivity contribution >= 4 is 17.2 Å². The number of aromatic nitrogens is 4. The molecule has 0 radical (unpaired) electrons. The molecule has 4 nitrogen and oxygen atoms in total. The molecule has 0 N–H and O–H groups in total. The molecule has 1 aliphatic carbocycles. The summed E-state index contributed by atoms with van der Waals surface area (Å²) in [6.45, 7) is 0. The van der Waals surface area contributed by atoms with Crippen molar-refractivity contribution in [3.8, 4) is 0 Å². The second kappa shape index (κ2) is 4.12. The molecule has 0 saturated heterocycles. The predicted octanol–water partition coefficient (Wildman–Crippen LogP) is 3.07. The molecule has 1 aliphatic rings. The van der Waals surface area contributed by atoms with Gasteiger partial charge in [-0.1, -0.05) is 11.6 Å². The first kappa shape index (κ1) is 11.8. The van der Waals surface area contributed by atoms with Crippen molar-refractivity contribution in [3.05, 3.63) is 23.4 Å². The van der Waals surface area contributed by atoms with Gasteiger partial charge in [0.05, 0.1) is 0 Å². The van der Waals surface area contributed by atoms with E-state index in [1.54, 1.807) is 10.6 Å². The molecule has 3 rings (SSSR count). The Balaban J connectivity index is 2.02. The van der Waals surface area contributed by atoms with E-state index in [9.17, 15) is 8.78 Å². The van der Waals surface area contributed by atoms with Crippen LogP contribution in [0.1, 0.15) is 37.4 Å². The summed E-state index contributed by atoms with van der Waals surface area (Å²) in [6, 6.07) is 0. The van der Waals surface area contributed by atoms with Crippen LogP contribution in [-0.2, 0) is 0 Å². The molecule has 96 valence electrons. The number of fused-ring (bicyclic) bond motifs is 1. The zero-order valence-corrected chi connectivity index (χ0v) is 10.2. The lowest BCUT2D eigenvalue weighted by molar-refractivity contribution is -0.0418. The van der Waals surface area contributed by atoms with E-state index >= 15 is 0 Å².